The molecule has 0 radical (unpaired) electrons. The van der Waals surface area contributed by atoms with E-state index in [0.717, 1.165) is 5.56 Å². The van der Waals surface area contributed by atoms with Crippen LogP contribution in [0.2, 0.25) is 0 Å². The molecule has 1 aromatic carbocycles. The first-order valence-corrected chi connectivity index (χ1v) is 7.70. The van der Waals surface area contributed by atoms with Gasteiger partial charge in [-0.3, -0.25) is 8.61 Å². The zero-order valence-electron chi connectivity index (χ0n) is 11.5. The van der Waals surface area contributed by atoms with E-state index < -0.39 is 10.8 Å². The third-order valence-corrected chi connectivity index (χ3v) is 4.00. The second-order valence-corrected chi connectivity index (χ2v) is 5.84. The van der Waals surface area contributed by atoms with Gasteiger partial charge in [0.15, 0.2) is 5.75 Å². The van der Waals surface area contributed by atoms with Gasteiger partial charge in [0.05, 0.1) is 25.2 Å². The minimum Gasteiger partial charge on any atom is -0.505 e. The average molecular weight is 303 g/mol. The van der Waals surface area contributed by atoms with Crippen LogP contribution >= 0.6 is 0 Å². The second-order valence-electron chi connectivity index (χ2n) is 4.46. The lowest BCUT2D eigenvalue weighted by Gasteiger charge is -2.07. The number of hydrogen-bond acceptors (Lipinski definition) is 5. The number of ether oxygens (including phenoxy) is 1. The fourth-order valence-corrected chi connectivity index (χ4v) is 2.60. The van der Waals surface area contributed by atoms with Crippen LogP contribution in [0.3, 0.4) is 0 Å². The summed E-state index contributed by atoms with van der Waals surface area (Å²) in [5, 5.41) is 9.44. The number of aromatic hydroxyl groups is 1. The first-order chi connectivity index (χ1) is 10.1. The Morgan fingerprint density at radius 1 is 1.33 bits per heavy atom. The second kappa shape index (κ2) is 5.17. The molecule has 1 atom stereocenters. The Morgan fingerprint density at radius 2 is 2.14 bits per heavy atom. The molecule has 21 heavy (non-hydrogen) atoms. The van der Waals surface area contributed by atoms with Gasteiger partial charge < -0.3 is 9.84 Å². The highest BCUT2D eigenvalue weighted by atomic mass is 32.2. The average Bonchev–Trinajstić information content (AvgIpc) is 2.89. The predicted molar refractivity (Wildman–Crippen MR) is 79.0 cm³/mol. The first-order valence-electron chi connectivity index (χ1n) is 6.14. The molecular weight excluding hydrogens is 290 g/mol. The molecule has 2 heterocycles. The van der Waals surface area contributed by atoms with Crippen molar-refractivity contribution in [2.45, 2.75) is 4.90 Å². The van der Waals surface area contributed by atoms with E-state index in [1.807, 2.05) is 6.07 Å². The number of fused-ring (bicyclic) bond motifs is 1. The highest BCUT2D eigenvalue weighted by Gasteiger charge is 2.12. The largest absolute Gasteiger partial charge is 0.505 e. The van der Waals surface area contributed by atoms with Gasteiger partial charge in [-0.15, -0.1) is 0 Å². The van der Waals surface area contributed by atoms with Crippen LogP contribution < -0.4 is 4.74 Å². The number of benzene rings is 1. The molecule has 1 unspecified atom stereocenters. The number of aromatic nitrogens is 3. The van der Waals surface area contributed by atoms with E-state index in [9.17, 15) is 9.32 Å². The van der Waals surface area contributed by atoms with Crippen molar-refractivity contribution in [1.82, 2.24) is 14.4 Å². The Morgan fingerprint density at radius 3 is 2.86 bits per heavy atom. The molecule has 0 saturated carbocycles. The summed E-state index contributed by atoms with van der Waals surface area (Å²) in [6, 6.07) is 5.33. The number of rotatable bonds is 3. The molecular formula is C14H13N3O3S. The molecule has 7 heteroatoms. The fourth-order valence-electron chi connectivity index (χ4n) is 2.07. The number of imidazole rings is 1. The Balaban J connectivity index is 2.15. The van der Waals surface area contributed by atoms with Gasteiger partial charge in [-0.05, 0) is 18.2 Å². The molecule has 0 aliphatic heterocycles. The quantitative estimate of drug-likeness (QED) is 0.799. The molecule has 6 nitrogen and oxygen atoms in total. The number of methoxy groups -OCH3 is 1. The zero-order valence-corrected chi connectivity index (χ0v) is 12.3. The van der Waals surface area contributed by atoms with Crippen molar-refractivity contribution in [3.63, 3.8) is 0 Å². The minimum absolute atomic E-state index is 0.0649. The standard InChI is InChI=1S/C14H13N3O3S/c1-20-13-5-10(21(2)19)3-4-11(13)12-8-17-7-9(18)6-15-14(17)16-12/h3-8,18H,1-2H3. The van der Waals surface area contributed by atoms with E-state index in [4.69, 9.17) is 4.74 Å². The summed E-state index contributed by atoms with van der Waals surface area (Å²) >= 11 is 0. The van der Waals surface area contributed by atoms with Gasteiger partial charge in [0.1, 0.15) is 5.75 Å². The first kappa shape index (κ1) is 13.6. The predicted octanol–water partition coefficient (Wildman–Crippen LogP) is 1.85. The van der Waals surface area contributed by atoms with Crippen LogP contribution in [0, 0.1) is 0 Å². The lowest BCUT2D eigenvalue weighted by molar-refractivity contribution is 0.415. The molecule has 1 N–H and O–H groups in total. The van der Waals surface area contributed by atoms with Gasteiger partial charge in [-0.1, -0.05) is 0 Å². The normalized spacial score (nSPS) is 12.5. The van der Waals surface area contributed by atoms with E-state index in [1.54, 1.807) is 36.1 Å². The monoisotopic (exact) mass is 303 g/mol. The SMILES string of the molecule is COc1cc(S(C)=O)ccc1-c1cn2cc(O)cnc2n1. The zero-order chi connectivity index (χ0) is 15.0. The molecule has 108 valence electrons. The lowest BCUT2D eigenvalue weighted by atomic mass is 10.1. The Bertz CT molecular complexity index is 845. The molecule has 0 spiro atoms. The van der Waals surface area contributed by atoms with E-state index in [-0.39, 0.29) is 5.75 Å². The van der Waals surface area contributed by atoms with Crippen LogP contribution in [-0.4, -0.2) is 37.0 Å². The maximum atomic E-state index is 11.5. The van der Waals surface area contributed by atoms with Crippen molar-refractivity contribution in [3.8, 4) is 22.8 Å². The minimum atomic E-state index is -1.07. The molecule has 0 aliphatic rings. The van der Waals surface area contributed by atoms with Crippen LogP contribution in [0.15, 0.2) is 41.7 Å². The topological polar surface area (TPSA) is 76.7 Å². The molecule has 0 fully saturated rings. The third kappa shape index (κ3) is 2.47. The fraction of sp³-hybridized carbons (Fsp3) is 0.143. The van der Waals surface area contributed by atoms with E-state index >= 15 is 0 Å². The summed E-state index contributed by atoms with van der Waals surface area (Å²) in [7, 11) is 0.482. The summed E-state index contributed by atoms with van der Waals surface area (Å²) in [5.41, 5.74) is 1.44. The van der Waals surface area contributed by atoms with Gasteiger partial charge >= 0.3 is 0 Å². The Kier molecular flexibility index (Phi) is 3.34. The highest BCUT2D eigenvalue weighted by Crippen LogP contribution is 2.31. The molecule has 0 amide bonds. The summed E-state index contributed by atoms with van der Waals surface area (Å²) < 4.78 is 18.5. The Hall–Kier alpha value is -2.41. The third-order valence-electron chi connectivity index (χ3n) is 3.08. The number of hydrogen-bond donors (Lipinski definition) is 1. The summed E-state index contributed by atoms with van der Waals surface area (Å²) in [6.45, 7) is 0. The maximum absolute atomic E-state index is 11.5. The van der Waals surface area contributed by atoms with Crippen LogP contribution in [0.1, 0.15) is 0 Å². The maximum Gasteiger partial charge on any atom is 0.234 e. The molecule has 3 rings (SSSR count). The molecule has 2 aromatic heterocycles. The lowest BCUT2D eigenvalue weighted by Crippen LogP contribution is -1.92. The van der Waals surface area contributed by atoms with Gasteiger partial charge in [0, 0.05) is 33.7 Å². The summed E-state index contributed by atoms with van der Waals surface area (Å²) in [6.07, 6.45) is 6.24. The van der Waals surface area contributed by atoms with Gasteiger partial charge in [0.25, 0.3) is 0 Å². The highest BCUT2D eigenvalue weighted by molar-refractivity contribution is 7.84. The molecule has 0 bridgehead atoms. The van der Waals surface area contributed by atoms with Crippen molar-refractivity contribution >= 4 is 16.6 Å². The van der Waals surface area contributed by atoms with Gasteiger partial charge in [-0.25, -0.2) is 9.97 Å². The van der Waals surface area contributed by atoms with Crippen LogP contribution in [0.5, 0.6) is 11.5 Å². The summed E-state index contributed by atoms with van der Waals surface area (Å²) in [4.78, 5) is 9.12. The summed E-state index contributed by atoms with van der Waals surface area (Å²) in [5.74, 6) is 1.14. The van der Waals surface area contributed by atoms with Crippen molar-refractivity contribution in [2.75, 3.05) is 13.4 Å². The van der Waals surface area contributed by atoms with Crippen molar-refractivity contribution in [2.24, 2.45) is 0 Å². The van der Waals surface area contributed by atoms with Crippen molar-refractivity contribution in [3.05, 3.63) is 36.8 Å². The van der Waals surface area contributed by atoms with E-state index in [0.29, 0.717) is 22.1 Å². The van der Waals surface area contributed by atoms with Crippen molar-refractivity contribution in [1.29, 1.82) is 0 Å². The number of nitrogens with zero attached hydrogens (tertiary/aromatic N) is 3. The molecule has 3 aromatic rings. The van der Waals surface area contributed by atoms with E-state index in [1.165, 1.54) is 12.4 Å². The molecule has 0 aliphatic carbocycles. The van der Waals surface area contributed by atoms with Crippen LogP contribution in [-0.2, 0) is 10.8 Å². The van der Waals surface area contributed by atoms with E-state index in [2.05, 4.69) is 9.97 Å². The van der Waals surface area contributed by atoms with Crippen LogP contribution in [0.4, 0.5) is 0 Å². The van der Waals surface area contributed by atoms with Crippen LogP contribution in [0.25, 0.3) is 17.0 Å². The Labute approximate surface area is 123 Å². The van der Waals surface area contributed by atoms with Gasteiger partial charge in [-0.2, -0.15) is 0 Å². The van der Waals surface area contributed by atoms with Crippen molar-refractivity contribution < 1.29 is 14.1 Å². The van der Waals surface area contributed by atoms with Gasteiger partial charge in [0.2, 0.25) is 5.78 Å². The molecule has 0 saturated heterocycles. The smallest absolute Gasteiger partial charge is 0.234 e.